The number of halogens is 3. The van der Waals surface area contributed by atoms with Crippen LogP contribution in [0.15, 0.2) is 29.0 Å². The molecular weight excluding hydrogens is 295 g/mol. The van der Waals surface area contributed by atoms with E-state index >= 15 is 0 Å². The van der Waals surface area contributed by atoms with Crippen LogP contribution in [0.2, 0.25) is 0 Å². The van der Waals surface area contributed by atoms with Crippen LogP contribution < -0.4 is 4.90 Å². The first-order valence-electron chi connectivity index (χ1n) is 7.22. The summed E-state index contributed by atoms with van der Waals surface area (Å²) in [6.07, 6.45) is -0.388. The average Bonchev–Trinajstić information content (AvgIpc) is 3.00. The summed E-state index contributed by atoms with van der Waals surface area (Å²) in [7, 11) is 0. The number of alkyl halides is 3. The van der Waals surface area contributed by atoms with Gasteiger partial charge in [0.25, 0.3) is 5.89 Å². The summed E-state index contributed by atoms with van der Waals surface area (Å²) in [6.45, 7) is 2.61. The molecule has 0 bridgehead atoms. The summed E-state index contributed by atoms with van der Waals surface area (Å²) >= 11 is 0. The van der Waals surface area contributed by atoms with Gasteiger partial charge in [0.05, 0.1) is 5.56 Å². The molecule has 118 valence electrons. The molecule has 0 aliphatic carbocycles. The lowest BCUT2D eigenvalue weighted by atomic mass is 9.99. The second-order valence-electron chi connectivity index (χ2n) is 5.51. The lowest BCUT2D eigenvalue weighted by Gasteiger charge is -2.37. The van der Waals surface area contributed by atoms with Crippen LogP contribution in [0.25, 0.3) is 11.5 Å². The number of hydrogen-bond acceptors (Lipinski definition) is 4. The smallest absolute Gasteiger partial charge is 0.368 e. The molecule has 1 atom stereocenters. The minimum absolute atomic E-state index is 0.0868. The highest BCUT2D eigenvalue weighted by molar-refractivity contribution is 5.65. The van der Waals surface area contributed by atoms with Crippen molar-refractivity contribution in [3.63, 3.8) is 0 Å². The Kier molecular flexibility index (Phi) is 3.80. The van der Waals surface area contributed by atoms with Gasteiger partial charge in [0, 0.05) is 23.8 Å². The molecule has 0 unspecified atom stereocenters. The Morgan fingerprint density at radius 1 is 1.27 bits per heavy atom. The third-order valence-corrected chi connectivity index (χ3v) is 4.02. The maximum atomic E-state index is 13.5. The van der Waals surface area contributed by atoms with Crippen LogP contribution in [0.5, 0.6) is 0 Å². The third kappa shape index (κ3) is 2.80. The summed E-state index contributed by atoms with van der Waals surface area (Å²) in [5.74, 6) is 0.0868. The minimum Gasteiger partial charge on any atom is -0.368 e. The zero-order valence-electron chi connectivity index (χ0n) is 12.1. The lowest BCUT2D eigenvalue weighted by Crippen LogP contribution is -2.38. The molecule has 0 amide bonds. The van der Waals surface area contributed by atoms with Crippen molar-refractivity contribution >= 4 is 5.69 Å². The van der Waals surface area contributed by atoms with E-state index in [0.29, 0.717) is 6.54 Å². The quantitative estimate of drug-likeness (QED) is 0.836. The molecule has 1 aliphatic heterocycles. The van der Waals surface area contributed by atoms with Gasteiger partial charge in [-0.25, -0.2) is 0 Å². The third-order valence-electron chi connectivity index (χ3n) is 4.02. The minimum atomic E-state index is -4.43. The van der Waals surface area contributed by atoms with Gasteiger partial charge >= 0.3 is 6.18 Å². The largest absolute Gasteiger partial charge is 0.418 e. The zero-order valence-corrected chi connectivity index (χ0v) is 12.1. The van der Waals surface area contributed by atoms with E-state index in [1.807, 2.05) is 11.8 Å². The SMILES string of the molecule is C[C@@H]1CCCCN1c1ccc(-c2ncno2)cc1C(F)(F)F. The fraction of sp³-hybridized carbons (Fsp3) is 0.467. The molecule has 0 spiro atoms. The van der Waals surface area contributed by atoms with E-state index in [1.54, 1.807) is 6.07 Å². The standard InChI is InChI=1S/C15H16F3N3O/c1-10-4-2-3-7-21(10)13-6-5-11(14-19-9-20-22-14)8-12(13)15(16,17)18/h5-6,8-10H,2-4,7H2,1H3/t10-/m1/s1. The van der Waals surface area contributed by atoms with Crippen molar-refractivity contribution in [2.75, 3.05) is 11.4 Å². The van der Waals surface area contributed by atoms with Gasteiger partial charge in [-0.2, -0.15) is 18.2 Å². The number of anilines is 1. The van der Waals surface area contributed by atoms with E-state index in [1.165, 1.54) is 12.4 Å². The number of aromatic nitrogens is 2. The molecule has 0 N–H and O–H groups in total. The van der Waals surface area contributed by atoms with Crippen molar-refractivity contribution in [1.82, 2.24) is 10.1 Å². The molecular formula is C15H16F3N3O. The van der Waals surface area contributed by atoms with Crippen molar-refractivity contribution in [3.8, 4) is 11.5 Å². The predicted octanol–water partition coefficient (Wildman–Crippen LogP) is 4.13. The highest BCUT2D eigenvalue weighted by Gasteiger charge is 2.36. The first-order chi connectivity index (χ1) is 10.5. The first kappa shape index (κ1) is 14.9. The van der Waals surface area contributed by atoms with Gasteiger partial charge in [0.2, 0.25) is 0 Å². The molecule has 1 saturated heterocycles. The van der Waals surface area contributed by atoms with Gasteiger partial charge in [0.1, 0.15) is 0 Å². The summed E-state index contributed by atoms with van der Waals surface area (Å²) in [5, 5.41) is 3.44. The van der Waals surface area contributed by atoms with Gasteiger partial charge in [0.15, 0.2) is 6.33 Å². The fourth-order valence-corrected chi connectivity index (χ4v) is 2.90. The Hall–Kier alpha value is -2.05. The monoisotopic (exact) mass is 311 g/mol. The maximum Gasteiger partial charge on any atom is 0.418 e. The maximum absolute atomic E-state index is 13.5. The average molecular weight is 311 g/mol. The number of piperidine rings is 1. The fourth-order valence-electron chi connectivity index (χ4n) is 2.90. The van der Waals surface area contributed by atoms with Gasteiger partial charge < -0.3 is 9.42 Å². The molecule has 4 nitrogen and oxygen atoms in total. The van der Waals surface area contributed by atoms with Gasteiger partial charge in [-0.15, -0.1) is 0 Å². The Balaban J connectivity index is 2.06. The Morgan fingerprint density at radius 3 is 2.73 bits per heavy atom. The first-order valence-corrected chi connectivity index (χ1v) is 7.22. The highest BCUT2D eigenvalue weighted by Crippen LogP contribution is 2.40. The van der Waals surface area contributed by atoms with Crippen LogP contribution >= 0.6 is 0 Å². The Bertz CT molecular complexity index is 640. The second-order valence-corrected chi connectivity index (χ2v) is 5.51. The van der Waals surface area contributed by atoms with Crippen molar-refractivity contribution in [2.45, 2.75) is 38.4 Å². The molecule has 3 rings (SSSR count). The van der Waals surface area contributed by atoms with E-state index in [-0.39, 0.29) is 23.2 Å². The zero-order chi connectivity index (χ0) is 15.7. The van der Waals surface area contributed by atoms with Crippen molar-refractivity contribution in [1.29, 1.82) is 0 Å². The Labute approximate surface area is 125 Å². The highest BCUT2D eigenvalue weighted by atomic mass is 19.4. The van der Waals surface area contributed by atoms with E-state index in [0.717, 1.165) is 25.3 Å². The van der Waals surface area contributed by atoms with Crippen LogP contribution in [0.3, 0.4) is 0 Å². The second kappa shape index (κ2) is 5.62. The number of rotatable bonds is 2. The van der Waals surface area contributed by atoms with Gasteiger partial charge in [-0.3, -0.25) is 0 Å². The molecule has 1 aliphatic rings. The predicted molar refractivity (Wildman–Crippen MR) is 75.4 cm³/mol. The van der Waals surface area contributed by atoms with E-state index in [2.05, 4.69) is 10.1 Å². The van der Waals surface area contributed by atoms with Crippen molar-refractivity contribution < 1.29 is 17.7 Å². The Morgan fingerprint density at radius 2 is 2.09 bits per heavy atom. The molecule has 0 saturated carbocycles. The van der Waals surface area contributed by atoms with Crippen molar-refractivity contribution in [2.24, 2.45) is 0 Å². The molecule has 2 aromatic rings. The molecule has 1 aromatic heterocycles. The topological polar surface area (TPSA) is 42.2 Å². The van der Waals surface area contributed by atoms with Crippen LogP contribution in [0.1, 0.15) is 31.7 Å². The number of hydrogen-bond donors (Lipinski definition) is 0. The number of nitrogens with zero attached hydrogens (tertiary/aromatic N) is 3. The molecule has 1 fully saturated rings. The summed E-state index contributed by atoms with van der Waals surface area (Å²) in [6, 6.07) is 4.29. The summed E-state index contributed by atoms with van der Waals surface area (Å²) in [5.41, 5.74) is -0.154. The molecule has 2 heterocycles. The van der Waals surface area contributed by atoms with Crippen LogP contribution in [-0.2, 0) is 6.18 Å². The van der Waals surface area contributed by atoms with E-state index < -0.39 is 11.7 Å². The van der Waals surface area contributed by atoms with E-state index in [4.69, 9.17) is 4.52 Å². The van der Waals surface area contributed by atoms with Crippen LogP contribution in [0, 0.1) is 0 Å². The van der Waals surface area contributed by atoms with E-state index in [9.17, 15) is 13.2 Å². The summed E-state index contributed by atoms with van der Waals surface area (Å²) in [4.78, 5) is 5.65. The van der Waals surface area contributed by atoms with Gasteiger partial charge in [-0.1, -0.05) is 5.16 Å². The van der Waals surface area contributed by atoms with Gasteiger partial charge in [-0.05, 0) is 44.4 Å². The molecule has 22 heavy (non-hydrogen) atoms. The van der Waals surface area contributed by atoms with Crippen molar-refractivity contribution in [3.05, 3.63) is 30.1 Å². The normalized spacial score (nSPS) is 19.5. The van der Waals surface area contributed by atoms with Crippen LogP contribution in [0.4, 0.5) is 18.9 Å². The van der Waals surface area contributed by atoms with Crippen LogP contribution in [-0.4, -0.2) is 22.7 Å². The molecule has 0 radical (unpaired) electrons. The lowest BCUT2D eigenvalue weighted by molar-refractivity contribution is -0.137. The molecule has 7 heteroatoms. The summed E-state index contributed by atoms with van der Waals surface area (Å²) < 4.78 is 45.2. The molecule has 1 aromatic carbocycles. The number of benzene rings is 1.